The molecule has 0 rings (SSSR count). The zero-order valence-electron chi connectivity index (χ0n) is 44.5. The van der Waals surface area contributed by atoms with E-state index in [1.54, 1.807) is 6.08 Å². The summed E-state index contributed by atoms with van der Waals surface area (Å²) in [7, 11) is 1.24. The highest BCUT2D eigenvalue weighted by molar-refractivity contribution is 7.45. The molecule has 0 aliphatic rings. The van der Waals surface area contributed by atoms with Gasteiger partial charge < -0.3 is 28.8 Å². The molecule has 0 aromatic carbocycles. The topological polar surface area (TPSA) is 108 Å². The number of hydrogen-bond acceptors (Lipinski definition) is 6. The van der Waals surface area contributed by atoms with Gasteiger partial charge in [0.25, 0.3) is 7.82 Å². The number of quaternary nitrogens is 1. The van der Waals surface area contributed by atoms with Crippen molar-refractivity contribution in [3.05, 3.63) is 97.2 Å². The van der Waals surface area contributed by atoms with Gasteiger partial charge >= 0.3 is 0 Å². The van der Waals surface area contributed by atoms with Gasteiger partial charge in [0, 0.05) is 6.42 Å². The maximum atomic E-state index is 12.9. The molecule has 0 aliphatic heterocycles. The third-order valence-electron chi connectivity index (χ3n) is 11.8. The monoisotopic (exact) mass is 969 g/mol. The number of allylic oxidation sites excluding steroid dienone is 15. The van der Waals surface area contributed by atoms with Crippen LogP contribution in [0.5, 0.6) is 0 Å². The molecule has 0 bridgehead atoms. The van der Waals surface area contributed by atoms with E-state index in [0.717, 1.165) is 96.3 Å². The number of aliphatic hydroxyl groups is 1. The minimum Gasteiger partial charge on any atom is -0.756 e. The molecule has 0 aromatic heterocycles. The Kier molecular flexibility index (Phi) is 47.5. The van der Waals surface area contributed by atoms with E-state index in [-0.39, 0.29) is 19.1 Å². The molecule has 0 saturated carbocycles. The number of amides is 1. The summed E-state index contributed by atoms with van der Waals surface area (Å²) in [5, 5.41) is 13.9. The number of nitrogens with zero attached hydrogens (tertiary/aromatic N) is 1. The lowest BCUT2D eigenvalue weighted by Gasteiger charge is -2.29. The van der Waals surface area contributed by atoms with Crippen LogP contribution in [0.1, 0.15) is 219 Å². The van der Waals surface area contributed by atoms with E-state index in [4.69, 9.17) is 9.05 Å². The molecule has 3 unspecified atom stereocenters. The molecule has 0 saturated heterocycles. The predicted octanol–water partition coefficient (Wildman–Crippen LogP) is 16.0. The molecule has 0 heterocycles. The number of rotatable bonds is 49. The van der Waals surface area contributed by atoms with E-state index in [0.29, 0.717) is 17.4 Å². The Morgan fingerprint density at radius 1 is 0.529 bits per heavy atom. The van der Waals surface area contributed by atoms with Crippen molar-refractivity contribution in [1.29, 1.82) is 0 Å². The minimum absolute atomic E-state index is 0.00814. The second kappa shape index (κ2) is 49.4. The van der Waals surface area contributed by atoms with E-state index in [1.165, 1.54) is 103 Å². The number of carbonyl (C=O) groups excluding carboxylic acids is 1. The highest BCUT2D eigenvalue weighted by Crippen LogP contribution is 2.38. The van der Waals surface area contributed by atoms with Crippen molar-refractivity contribution < 1.29 is 32.9 Å². The Balaban J connectivity index is 4.29. The summed E-state index contributed by atoms with van der Waals surface area (Å²) in [6.07, 6.45) is 70.4. The van der Waals surface area contributed by atoms with Crippen molar-refractivity contribution >= 4 is 13.7 Å². The summed E-state index contributed by atoms with van der Waals surface area (Å²) in [5.74, 6) is -0.212. The van der Waals surface area contributed by atoms with Gasteiger partial charge in [-0.3, -0.25) is 9.36 Å². The van der Waals surface area contributed by atoms with Crippen molar-refractivity contribution in [2.24, 2.45) is 0 Å². The quantitative estimate of drug-likeness (QED) is 0.0272. The first-order chi connectivity index (χ1) is 33.0. The number of hydrogen-bond donors (Lipinski definition) is 2. The third-order valence-corrected chi connectivity index (χ3v) is 12.8. The molecule has 0 aliphatic carbocycles. The second-order valence-electron chi connectivity index (χ2n) is 19.6. The van der Waals surface area contributed by atoms with E-state index in [2.05, 4.69) is 104 Å². The Hall–Kier alpha value is -2.58. The van der Waals surface area contributed by atoms with Crippen LogP contribution in [0.2, 0.25) is 0 Å². The Morgan fingerprint density at radius 2 is 0.897 bits per heavy atom. The standard InChI is InChI=1S/C59H105N2O6P/c1-6-8-10-12-14-16-18-20-22-24-25-26-27-28-29-30-31-32-33-34-35-37-39-41-43-45-47-49-51-53-59(63)60-57(56-67-68(64,65)66-55-54-61(3,4)5)58(62)52-50-48-46-44-42-40-38-36-23-21-19-17-15-13-11-9-7-2/h8,10,14,16,20,22,25-26,28-29,31-32,34-35,50,52,57-58,62H,6-7,9,11-13,15,17-19,21,23-24,27,30,33,36-49,51,53-56H2,1-5H3,(H-,60,63,64,65)/b10-8-,16-14-,22-20-,26-25-,29-28-,32-31-,35-34-,52-50+. The molecule has 9 heteroatoms. The smallest absolute Gasteiger partial charge is 0.268 e. The summed E-state index contributed by atoms with van der Waals surface area (Å²) in [5.41, 5.74) is 0. The minimum atomic E-state index is -4.60. The SMILES string of the molecule is CC/C=C\C/C=C\C/C=C\C/C=C\C/C=C\C/C=C\C/C=C\CCCCCCCCCC(=O)NC(COP(=O)([O-])OCC[N+](C)(C)C)C(O)/C=C/CCCCCCCCCCCCCCCCC. The van der Waals surface area contributed by atoms with Gasteiger partial charge in [0.15, 0.2) is 0 Å². The predicted molar refractivity (Wildman–Crippen MR) is 293 cm³/mol. The Bertz CT molecular complexity index is 1420. The molecule has 68 heavy (non-hydrogen) atoms. The average Bonchev–Trinajstić information content (AvgIpc) is 3.30. The number of unbranched alkanes of at least 4 members (excludes halogenated alkanes) is 22. The van der Waals surface area contributed by atoms with Crippen molar-refractivity contribution in [2.45, 2.75) is 231 Å². The van der Waals surface area contributed by atoms with Crippen LogP contribution in [0.3, 0.4) is 0 Å². The van der Waals surface area contributed by atoms with Gasteiger partial charge in [-0.15, -0.1) is 0 Å². The van der Waals surface area contributed by atoms with Crippen LogP contribution in [0.25, 0.3) is 0 Å². The lowest BCUT2D eigenvalue weighted by Crippen LogP contribution is -2.45. The first-order valence-electron chi connectivity index (χ1n) is 27.6. The molecule has 8 nitrogen and oxygen atoms in total. The van der Waals surface area contributed by atoms with E-state index < -0.39 is 20.0 Å². The first-order valence-corrected chi connectivity index (χ1v) is 29.1. The number of aliphatic hydroxyl groups excluding tert-OH is 1. The zero-order valence-corrected chi connectivity index (χ0v) is 45.4. The van der Waals surface area contributed by atoms with Crippen LogP contribution >= 0.6 is 7.82 Å². The third kappa shape index (κ3) is 51.3. The van der Waals surface area contributed by atoms with E-state index in [1.807, 2.05) is 27.2 Å². The second-order valence-corrected chi connectivity index (χ2v) is 21.0. The number of nitrogens with one attached hydrogen (secondary N) is 1. The highest BCUT2D eigenvalue weighted by atomic mass is 31.2. The molecule has 392 valence electrons. The van der Waals surface area contributed by atoms with Gasteiger partial charge in [0.1, 0.15) is 13.2 Å². The molecule has 0 fully saturated rings. The number of phosphoric acid groups is 1. The number of likely N-dealkylation sites (N-methyl/N-ethyl adjacent to an activating group) is 1. The molecule has 0 aromatic rings. The lowest BCUT2D eigenvalue weighted by molar-refractivity contribution is -0.870. The molecule has 3 atom stereocenters. The summed E-state index contributed by atoms with van der Waals surface area (Å²) in [6, 6.07) is -0.899. The van der Waals surface area contributed by atoms with Gasteiger partial charge in [-0.25, -0.2) is 0 Å². The van der Waals surface area contributed by atoms with Crippen LogP contribution in [0, 0.1) is 0 Å². The van der Waals surface area contributed by atoms with Crippen LogP contribution in [0.4, 0.5) is 0 Å². The fraction of sp³-hybridized carbons (Fsp3) is 0.712. The molecule has 1 amide bonds. The fourth-order valence-corrected chi connectivity index (χ4v) is 8.21. The first kappa shape index (κ1) is 65.4. The van der Waals surface area contributed by atoms with Crippen molar-refractivity contribution in [3.63, 3.8) is 0 Å². The van der Waals surface area contributed by atoms with Gasteiger partial charge in [-0.2, -0.15) is 0 Å². The zero-order chi connectivity index (χ0) is 49.9. The molecule has 0 spiro atoms. The van der Waals surface area contributed by atoms with Gasteiger partial charge in [0.05, 0.1) is 39.9 Å². The highest BCUT2D eigenvalue weighted by Gasteiger charge is 2.23. The van der Waals surface area contributed by atoms with Crippen molar-refractivity contribution in [3.8, 4) is 0 Å². The van der Waals surface area contributed by atoms with Crippen LogP contribution in [-0.2, 0) is 18.4 Å². The van der Waals surface area contributed by atoms with Crippen LogP contribution in [0.15, 0.2) is 97.2 Å². The molecule has 2 N–H and O–H groups in total. The molecular weight excluding hydrogens is 864 g/mol. The summed E-state index contributed by atoms with van der Waals surface area (Å²) in [4.78, 5) is 25.5. The summed E-state index contributed by atoms with van der Waals surface area (Å²) >= 11 is 0. The maximum absolute atomic E-state index is 12.9. The average molecular weight is 969 g/mol. The van der Waals surface area contributed by atoms with E-state index in [9.17, 15) is 19.4 Å². The number of phosphoric ester groups is 1. The molecule has 0 radical (unpaired) electrons. The van der Waals surface area contributed by atoms with Gasteiger partial charge in [-0.05, 0) is 77.0 Å². The van der Waals surface area contributed by atoms with Crippen LogP contribution in [-0.4, -0.2) is 68.5 Å². The maximum Gasteiger partial charge on any atom is 0.268 e. The molecular formula is C59H105N2O6P. The summed E-state index contributed by atoms with van der Waals surface area (Å²) in [6.45, 7) is 4.52. The van der Waals surface area contributed by atoms with E-state index >= 15 is 0 Å². The van der Waals surface area contributed by atoms with Gasteiger partial charge in [0.2, 0.25) is 5.91 Å². The summed E-state index contributed by atoms with van der Waals surface area (Å²) < 4.78 is 23.3. The lowest BCUT2D eigenvalue weighted by atomic mass is 10.0. The number of carbonyl (C=O) groups is 1. The fourth-order valence-electron chi connectivity index (χ4n) is 7.49. The van der Waals surface area contributed by atoms with Crippen LogP contribution < -0.4 is 10.2 Å². The normalized spacial score (nSPS) is 14.8. The van der Waals surface area contributed by atoms with Gasteiger partial charge in [-0.1, -0.05) is 233 Å². The largest absolute Gasteiger partial charge is 0.756 e. The van der Waals surface area contributed by atoms with Crippen molar-refractivity contribution in [2.75, 3.05) is 40.9 Å². The van der Waals surface area contributed by atoms with Crippen molar-refractivity contribution in [1.82, 2.24) is 5.32 Å². The Morgan fingerprint density at radius 3 is 1.31 bits per heavy atom. The Labute approximate surface area is 419 Å².